The fraction of sp³-hybridized carbons (Fsp3) is 0.292. The highest BCUT2D eigenvalue weighted by molar-refractivity contribution is 7.89. The van der Waals surface area contributed by atoms with Gasteiger partial charge in [0.1, 0.15) is 11.6 Å². The van der Waals surface area contributed by atoms with Crippen molar-refractivity contribution in [1.29, 1.82) is 0 Å². The Labute approximate surface area is 214 Å². The van der Waals surface area contributed by atoms with Gasteiger partial charge in [0.2, 0.25) is 10.0 Å². The van der Waals surface area contributed by atoms with Crippen molar-refractivity contribution in [2.75, 3.05) is 25.2 Å². The highest BCUT2D eigenvalue weighted by Gasteiger charge is 2.45. The summed E-state index contributed by atoms with van der Waals surface area (Å²) in [5.74, 6) is -0.196. The maximum Gasteiger partial charge on any atom is 0.573 e. The monoisotopic (exact) mass is 555 g/mol. The van der Waals surface area contributed by atoms with Crippen LogP contribution < -0.4 is 14.4 Å². The van der Waals surface area contributed by atoms with E-state index in [2.05, 4.69) is 9.72 Å². The summed E-state index contributed by atoms with van der Waals surface area (Å²) in [5.41, 5.74) is 0.273. The lowest BCUT2D eigenvalue weighted by molar-refractivity contribution is -0.274. The van der Waals surface area contributed by atoms with Crippen molar-refractivity contribution in [2.24, 2.45) is 0 Å². The molecule has 1 fully saturated rings. The normalized spacial score (nSPS) is 21.4. The van der Waals surface area contributed by atoms with Gasteiger partial charge < -0.3 is 24.2 Å². The minimum absolute atomic E-state index is 0.0407. The molecule has 3 aromatic rings. The van der Waals surface area contributed by atoms with Gasteiger partial charge in [-0.05, 0) is 48.5 Å². The van der Waals surface area contributed by atoms with Crippen molar-refractivity contribution in [1.82, 2.24) is 9.29 Å². The number of likely N-dealkylation sites (N-methyl/N-ethyl adjacent to an activating group) is 1. The number of rotatable bonds is 5. The molecule has 2 aromatic carbocycles. The van der Waals surface area contributed by atoms with Gasteiger partial charge in [-0.1, -0.05) is 0 Å². The smallest absolute Gasteiger partial charge is 0.451 e. The van der Waals surface area contributed by atoms with E-state index >= 15 is 0 Å². The third-order valence-corrected chi connectivity index (χ3v) is 8.18. The van der Waals surface area contributed by atoms with E-state index in [4.69, 9.17) is 9.47 Å². The van der Waals surface area contributed by atoms with Gasteiger partial charge in [0.25, 0.3) is 0 Å². The number of aliphatic hydroxyl groups excluding tert-OH is 1. The van der Waals surface area contributed by atoms with Crippen LogP contribution in [0.3, 0.4) is 0 Å². The summed E-state index contributed by atoms with van der Waals surface area (Å²) < 4.78 is 94.4. The fourth-order valence-electron chi connectivity index (χ4n) is 4.44. The number of hydrogen-bond acceptors (Lipinski definition) is 8. The van der Waals surface area contributed by atoms with E-state index in [1.165, 1.54) is 31.4 Å². The fourth-order valence-corrected chi connectivity index (χ4v) is 5.80. The zero-order chi connectivity index (χ0) is 27.2. The first-order chi connectivity index (χ1) is 18.0. The number of sulfonamides is 1. The Morgan fingerprint density at radius 1 is 1.11 bits per heavy atom. The van der Waals surface area contributed by atoms with Crippen LogP contribution in [0.15, 0.2) is 65.7 Å². The van der Waals surface area contributed by atoms with Crippen molar-refractivity contribution >= 4 is 21.5 Å². The molecular formula is C24H21F4N3O6S. The molecule has 9 nitrogen and oxygen atoms in total. The first-order valence-electron chi connectivity index (χ1n) is 11.3. The zero-order valence-corrected chi connectivity index (χ0v) is 20.5. The summed E-state index contributed by atoms with van der Waals surface area (Å²) in [6, 6.07) is 8.89. The number of aliphatic hydroxyl groups is 1. The number of hydrogen-bond donors (Lipinski definition) is 1. The summed E-state index contributed by atoms with van der Waals surface area (Å²) in [4.78, 5) is 5.57. The molecule has 14 heteroatoms. The van der Waals surface area contributed by atoms with Crippen LogP contribution in [0.4, 0.5) is 29.1 Å². The van der Waals surface area contributed by atoms with Gasteiger partial charge in [-0.2, -0.15) is 4.31 Å². The molecule has 0 aliphatic carbocycles. The van der Waals surface area contributed by atoms with Gasteiger partial charge in [-0.15, -0.1) is 13.2 Å². The maximum absolute atomic E-state index is 14.2. The third kappa shape index (κ3) is 4.87. The Morgan fingerprint density at radius 3 is 2.55 bits per heavy atom. The Hall–Kier alpha value is -3.46. The third-order valence-electron chi connectivity index (χ3n) is 6.28. The molecule has 5 rings (SSSR count). The van der Waals surface area contributed by atoms with E-state index in [0.717, 1.165) is 28.6 Å². The predicted octanol–water partition coefficient (Wildman–Crippen LogP) is 3.81. The molecular weight excluding hydrogens is 534 g/mol. The van der Waals surface area contributed by atoms with Crippen molar-refractivity contribution in [3.05, 3.63) is 66.6 Å². The molecule has 1 N–H and O–H groups in total. The van der Waals surface area contributed by atoms with Crippen LogP contribution in [0.5, 0.6) is 17.2 Å². The lowest BCUT2D eigenvalue weighted by atomic mass is 9.98. The number of benzene rings is 2. The number of anilines is 2. The van der Waals surface area contributed by atoms with E-state index in [1.54, 1.807) is 17.0 Å². The van der Waals surface area contributed by atoms with Crippen LogP contribution in [0, 0.1) is 5.82 Å². The maximum atomic E-state index is 14.2. The summed E-state index contributed by atoms with van der Waals surface area (Å²) in [5, 5.41) is 11.4. The van der Waals surface area contributed by atoms with Crippen molar-refractivity contribution in [3.63, 3.8) is 0 Å². The van der Waals surface area contributed by atoms with Gasteiger partial charge in [-0.25, -0.2) is 17.8 Å². The summed E-state index contributed by atoms with van der Waals surface area (Å²) in [7, 11) is -3.05. The minimum atomic E-state index is -4.93. The zero-order valence-electron chi connectivity index (χ0n) is 19.7. The van der Waals surface area contributed by atoms with Gasteiger partial charge in [0.05, 0.1) is 42.0 Å². The standard InChI is InChI=1S/C24H21F4N3O6S/c1-30(38(33,34)16-7-5-15(6-8-16)37-24(26,27)28)18-12-35-13-19(22(18)32)31-17-11-14(25)4-9-20(17)36-21-3-2-10-29-23(21)31/h2-11,18-19,22,32H,12-13H2,1H3/t18-,19?,22?/m0/s1. The van der Waals surface area contributed by atoms with Crippen LogP contribution >= 0.6 is 0 Å². The second-order valence-corrected chi connectivity index (χ2v) is 10.6. The van der Waals surface area contributed by atoms with E-state index < -0.39 is 46.1 Å². The molecule has 3 heterocycles. The molecule has 0 bridgehead atoms. The Balaban J connectivity index is 1.45. The average Bonchev–Trinajstić information content (AvgIpc) is 2.87. The van der Waals surface area contributed by atoms with Crippen LogP contribution in [-0.4, -0.2) is 67.6 Å². The molecule has 0 amide bonds. The molecule has 3 atom stereocenters. The molecule has 1 saturated heterocycles. The van der Waals surface area contributed by atoms with Crippen LogP contribution in [0.2, 0.25) is 0 Å². The van der Waals surface area contributed by atoms with Gasteiger partial charge >= 0.3 is 6.36 Å². The second kappa shape index (κ2) is 9.69. The number of nitrogens with zero attached hydrogens (tertiary/aromatic N) is 3. The number of halogens is 4. The largest absolute Gasteiger partial charge is 0.573 e. The number of alkyl halides is 3. The highest BCUT2D eigenvalue weighted by atomic mass is 32.2. The first kappa shape index (κ1) is 26.2. The summed E-state index contributed by atoms with van der Waals surface area (Å²) in [6.45, 7) is -0.209. The lowest BCUT2D eigenvalue weighted by Gasteiger charge is -2.45. The summed E-state index contributed by atoms with van der Waals surface area (Å²) >= 11 is 0. The van der Waals surface area contributed by atoms with Crippen molar-refractivity contribution < 1.29 is 45.3 Å². The molecule has 202 valence electrons. The molecule has 2 aliphatic heterocycles. The molecule has 1 aromatic heterocycles. The molecule has 2 unspecified atom stereocenters. The lowest BCUT2D eigenvalue weighted by Crippen LogP contribution is -2.60. The Kier molecular flexibility index (Phi) is 6.67. The second-order valence-electron chi connectivity index (χ2n) is 8.61. The van der Waals surface area contributed by atoms with Crippen LogP contribution in [-0.2, 0) is 14.8 Å². The molecule has 0 radical (unpaired) electrons. The summed E-state index contributed by atoms with van der Waals surface area (Å²) in [6.07, 6.45) is -4.78. The average molecular weight is 556 g/mol. The highest BCUT2D eigenvalue weighted by Crippen LogP contribution is 2.47. The van der Waals surface area contributed by atoms with Crippen LogP contribution in [0.1, 0.15) is 0 Å². The van der Waals surface area contributed by atoms with E-state index in [-0.39, 0.29) is 29.6 Å². The Bertz CT molecular complexity index is 1440. The topological polar surface area (TPSA) is 101 Å². The van der Waals surface area contributed by atoms with Gasteiger partial charge in [0.15, 0.2) is 17.3 Å². The van der Waals surface area contributed by atoms with Gasteiger partial charge in [-0.3, -0.25) is 0 Å². The number of aromatic nitrogens is 1. The predicted molar refractivity (Wildman–Crippen MR) is 125 cm³/mol. The van der Waals surface area contributed by atoms with E-state index in [9.17, 15) is 31.1 Å². The molecule has 0 spiro atoms. The SMILES string of the molecule is CN([C@H]1COCC(N2c3cc(F)ccc3Oc3cccnc32)C1O)S(=O)(=O)c1ccc(OC(F)(F)F)cc1. The van der Waals surface area contributed by atoms with Crippen LogP contribution in [0.25, 0.3) is 0 Å². The Morgan fingerprint density at radius 2 is 1.84 bits per heavy atom. The van der Waals surface area contributed by atoms with E-state index in [0.29, 0.717) is 11.5 Å². The quantitative estimate of drug-likeness (QED) is 0.475. The number of ether oxygens (including phenoxy) is 3. The van der Waals surface area contributed by atoms with E-state index in [1.807, 2.05) is 0 Å². The molecule has 2 aliphatic rings. The minimum Gasteiger partial charge on any atom is -0.451 e. The van der Waals surface area contributed by atoms with Gasteiger partial charge in [0, 0.05) is 19.3 Å². The number of fused-ring (bicyclic) bond motifs is 2. The molecule has 38 heavy (non-hydrogen) atoms. The van der Waals surface area contributed by atoms with Crippen molar-refractivity contribution in [3.8, 4) is 17.2 Å². The first-order valence-corrected chi connectivity index (χ1v) is 12.7. The molecule has 0 saturated carbocycles. The number of pyridine rings is 1. The van der Waals surface area contributed by atoms with Crippen molar-refractivity contribution in [2.45, 2.75) is 29.4 Å².